The summed E-state index contributed by atoms with van der Waals surface area (Å²) < 4.78 is 21.9. The first-order valence-electron chi connectivity index (χ1n) is 7.21. The Bertz CT molecular complexity index is 654. The van der Waals surface area contributed by atoms with E-state index in [0.29, 0.717) is 24.8 Å². The summed E-state index contributed by atoms with van der Waals surface area (Å²) in [4.78, 5) is 0. The minimum atomic E-state index is -2.84. The normalized spacial score (nSPS) is 11.3. The highest BCUT2D eigenvalue weighted by molar-refractivity contribution is 8.07. The van der Waals surface area contributed by atoms with Crippen molar-refractivity contribution in [2.45, 2.75) is 20.8 Å². The van der Waals surface area contributed by atoms with E-state index in [1.54, 1.807) is 12.1 Å². The quantitative estimate of drug-likeness (QED) is 0.657. The van der Waals surface area contributed by atoms with Gasteiger partial charge < -0.3 is 9.26 Å². The lowest BCUT2D eigenvalue weighted by Crippen LogP contribution is -2.03. The third-order valence-electron chi connectivity index (χ3n) is 2.64. The van der Waals surface area contributed by atoms with Gasteiger partial charge in [-0.3, -0.25) is 9.05 Å². The number of rotatable bonds is 8. The van der Waals surface area contributed by atoms with E-state index < -0.39 is 6.72 Å². The van der Waals surface area contributed by atoms with Crippen molar-refractivity contribution < 1.29 is 18.3 Å². The highest BCUT2D eigenvalue weighted by Crippen LogP contribution is 2.49. The highest BCUT2D eigenvalue weighted by atomic mass is 32.5. The summed E-state index contributed by atoms with van der Waals surface area (Å²) in [7, 11) is 0. The van der Waals surface area contributed by atoms with Crippen LogP contribution in [0.25, 0.3) is 0 Å². The molecule has 0 saturated heterocycles. The number of aromatic nitrogens is 2. The molecule has 6 nitrogen and oxygen atoms in total. The molecule has 0 amide bonds. The first kappa shape index (κ1) is 17.8. The molecule has 124 valence electrons. The van der Waals surface area contributed by atoms with Crippen LogP contribution in [0, 0.1) is 6.92 Å². The number of nitrogens with zero attached hydrogens (tertiary/aromatic N) is 2. The molecule has 23 heavy (non-hydrogen) atoms. The topological polar surface area (TPSA) is 62.7 Å². The maximum atomic E-state index is 5.60. The maximum Gasteiger partial charge on any atom is 0.381 e. The molecule has 0 radical (unpaired) electrons. The predicted molar refractivity (Wildman–Crippen MR) is 91.5 cm³/mol. The Morgan fingerprint density at radius 1 is 0.913 bits per heavy atom. The van der Waals surface area contributed by atoms with Gasteiger partial charge >= 0.3 is 6.72 Å². The summed E-state index contributed by atoms with van der Waals surface area (Å²) in [6.07, 6.45) is 0. The van der Waals surface area contributed by atoms with Gasteiger partial charge in [-0.05, 0) is 32.9 Å². The Hall–Kier alpha value is -1.53. The zero-order valence-electron chi connectivity index (χ0n) is 13.3. The Morgan fingerprint density at radius 2 is 1.48 bits per heavy atom. The lowest BCUT2D eigenvalue weighted by molar-refractivity contribution is 0.215. The zero-order valence-corrected chi connectivity index (χ0v) is 15.0. The first-order chi connectivity index (χ1) is 11.0. The molecule has 0 aliphatic carbocycles. The van der Waals surface area contributed by atoms with E-state index in [0.717, 1.165) is 5.56 Å². The van der Waals surface area contributed by atoms with E-state index >= 15 is 0 Å². The van der Waals surface area contributed by atoms with Crippen molar-refractivity contribution in [2.75, 3.05) is 13.2 Å². The van der Waals surface area contributed by atoms with Gasteiger partial charge in [0.25, 0.3) is 0 Å². The lowest BCUT2D eigenvalue weighted by Gasteiger charge is -2.19. The molecule has 0 bridgehead atoms. The average molecular weight is 354 g/mol. The fourth-order valence-electron chi connectivity index (χ4n) is 1.66. The molecule has 0 unspecified atom stereocenters. The lowest BCUT2D eigenvalue weighted by atomic mass is 10.2. The summed E-state index contributed by atoms with van der Waals surface area (Å²) in [5.41, 5.74) is 1.16. The first-order valence-corrected chi connectivity index (χ1v) is 9.77. The highest BCUT2D eigenvalue weighted by Gasteiger charge is 2.22. The fourth-order valence-corrected chi connectivity index (χ4v) is 3.66. The molecule has 0 aliphatic rings. The molecule has 8 heteroatoms. The van der Waals surface area contributed by atoms with E-state index in [4.69, 9.17) is 30.1 Å². The van der Waals surface area contributed by atoms with Crippen LogP contribution >= 0.6 is 6.72 Å². The second-order valence-electron chi connectivity index (χ2n) is 4.50. The van der Waals surface area contributed by atoms with Crippen molar-refractivity contribution in [3.63, 3.8) is 0 Å². The molecule has 1 heterocycles. The Labute approximate surface area is 141 Å². The second-order valence-corrected chi connectivity index (χ2v) is 7.43. The SMILES string of the molecule is CCOP(=S)(OCC)Oc1ccc(Oc2ccc(C)cc2)nn1. The number of aryl methyl sites for hydroxylation is 1. The fraction of sp³-hybridized carbons (Fsp3) is 0.333. The maximum absolute atomic E-state index is 5.60. The second kappa shape index (κ2) is 8.36. The van der Waals surface area contributed by atoms with Crippen LogP contribution < -0.4 is 9.26 Å². The van der Waals surface area contributed by atoms with Crippen molar-refractivity contribution >= 4 is 18.5 Å². The van der Waals surface area contributed by atoms with Crippen molar-refractivity contribution in [3.05, 3.63) is 42.0 Å². The van der Waals surface area contributed by atoms with Gasteiger partial charge in [-0.1, -0.05) is 17.7 Å². The molecule has 0 fully saturated rings. The van der Waals surface area contributed by atoms with Crippen LogP contribution in [-0.2, 0) is 20.9 Å². The molecule has 0 spiro atoms. The summed E-state index contributed by atoms with van der Waals surface area (Å²) in [5, 5.41) is 7.91. The van der Waals surface area contributed by atoms with Gasteiger partial charge in [-0.2, -0.15) is 0 Å². The van der Waals surface area contributed by atoms with Crippen LogP contribution in [0.2, 0.25) is 0 Å². The minimum absolute atomic E-state index is 0.242. The van der Waals surface area contributed by atoms with E-state index in [-0.39, 0.29) is 5.88 Å². The molecular formula is C15H19N2O4PS. The van der Waals surface area contributed by atoms with E-state index in [9.17, 15) is 0 Å². The van der Waals surface area contributed by atoms with Gasteiger partial charge in [0.05, 0.1) is 13.2 Å². The van der Waals surface area contributed by atoms with Crippen LogP contribution in [0.5, 0.6) is 17.5 Å². The molecule has 2 rings (SSSR count). The molecule has 1 aromatic heterocycles. The summed E-state index contributed by atoms with van der Waals surface area (Å²) in [6, 6.07) is 10.9. The smallest absolute Gasteiger partial charge is 0.381 e. The number of hydrogen-bond donors (Lipinski definition) is 0. The van der Waals surface area contributed by atoms with Crippen LogP contribution in [0.3, 0.4) is 0 Å². The number of benzene rings is 1. The van der Waals surface area contributed by atoms with E-state index in [2.05, 4.69) is 10.2 Å². The average Bonchev–Trinajstić information content (AvgIpc) is 2.52. The summed E-state index contributed by atoms with van der Waals surface area (Å²) in [5.74, 6) is 1.29. The molecule has 2 aromatic rings. The molecule has 0 aliphatic heterocycles. The zero-order chi connectivity index (χ0) is 16.7. The molecule has 0 atom stereocenters. The van der Waals surface area contributed by atoms with Crippen molar-refractivity contribution in [1.82, 2.24) is 10.2 Å². The molecule has 0 saturated carbocycles. The van der Waals surface area contributed by atoms with Gasteiger partial charge in [0, 0.05) is 23.9 Å². The molecule has 0 N–H and O–H groups in total. The van der Waals surface area contributed by atoms with Crippen LogP contribution in [-0.4, -0.2) is 23.4 Å². The van der Waals surface area contributed by atoms with Gasteiger partial charge in [-0.15, -0.1) is 10.2 Å². The number of hydrogen-bond acceptors (Lipinski definition) is 7. The van der Waals surface area contributed by atoms with Gasteiger partial charge in [-0.25, -0.2) is 0 Å². The van der Waals surface area contributed by atoms with Crippen LogP contribution in [0.4, 0.5) is 0 Å². The molecular weight excluding hydrogens is 335 g/mol. The standard InChI is InChI=1S/C15H19N2O4PS/c1-4-18-22(23,19-5-2)21-15-11-10-14(16-17-15)20-13-8-6-12(3)7-9-13/h6-11H,4-5H2,1-3H3. The van der Waals surface area contributed by atoms with Crippen LogP contribution in [0.15, 0.2) is 36.4 Å². The third kappa shape index (κ3) is 5.55. The monoisotopic (exact) mass is 354 g/mol. The van der Waals surface area contributed by atoms with Gasteiger partial charge in [0.2, 0.25) is 11.8 Å². The Balaban J connectivity index is 2.03. The van der Waals surface area contributed by atoms with Crippen molar-refractivity contribution in [1.29, 1.82) is 0 Å². The predicted octanol–water partition coefficient (Wildman–Crippen LogP) is 4.25. The van der Waals surface area contributed by atoms with E-state index in [1.165, 1.54) is 0 Å². The summed E-state index contributed by atoms with van der Waals surface area (Å²) in [6.45, 7) is 3.63. The summed E-state index contributed by atoms with van der Waals surface area (Å²) >= 11 is 5.28. The van der Waals surface area contributed by atoms with E-state index in [1.807, 2.05) is 45.0 Å². The van der Waals surface area contributed by atoms with Crippen molar-refractivity contribution in [3.8, 4) is 17.5 Å². The molecule has 1 aromatic carbocycles. The minimum Gasteiger partial charge on any atom is -0.438 e. The van der Waals surface area contributed by atoms with Crippen LogP contribution in [0.1, 0.15) is 19.4 Å². The Morgan fingerprint density at radius 3 is 2.00 bits per heavy atom. The van der Waals surface area contributed by atoms with Gasteiger partial charge in [0.15, 0.2) is 0 Å². The third-order valence-corrected chi connectivity index (χ3v) is 5.05. The number of ether oxygens (including phenoxy) is 1. The Kier molecular flexibility index (Phi) is 6.47. The van der Waals surface area contributed by atoms with Gasteiger partial charge in [0.1, 0.15) is 5.75 Å². The largest absolute Gasteiger partial charge is 0.438 e. The van der Waals surface area contributed by atoms with Crippen molar-refractivity contribution in [2.24, 2.45) is 0 Å².